The number of imide groups is 1. The minimum Gasteiger partial charge on any atom is -0.497 e. The molecule has 4 rings (SSSR count). The average molecular weight is 483 g/mol. The number of carbonyl (C=O) groups is 2. The number of methoxy groups -OCH3 is 1. The number of ether oxygens (including phenoxy) is 2. The SMILES string of the molecule is COc1ccc(NS(=O)(=O)c2ccc(Oc3ccc(C=C4SC(=O)NC4=O)cc3)cc2)cc1. The molecule has 1 heterocycles. The first-order valence-electron chi connectivity index (χ1n) is 9.62. The first-order valence-corrected chi connectivity index (χ1v) is 11.9. The zero-order valence-corrected chi connectivity index (χ0v) is 18.9. The molecular formula is C23H18N2O6S2. The zero-order valence-electron chi connectivity index (χ0n) is 17.3. The summed E-state index contributed by atoms with van der Waals surface area (Å²) in [6.07, 6.45) is 1.62. The van der Waals surface area contributed by atoms with Gasteiger partial charge < -0.3 is 9.47 Å². The molecular weight excluding hydrogens is 464 g/mol. The van der Waals surface area contributed by atoms with E-state index in [4.69, 9.17) is 9.47 Å². The number of amides is 2. The van der Waals surface area contributed by atoms with E-state index >= 15 is 0 Å². The topological polar surface area (TPSA) is 111 Å². The van der Waals surface area contributed by atoms with Crippen molar-refractivity contribution in [2.24, 2.45) is 0 Å². The van der Waals surface area contributed by atoms with Crippen LogP contribution in [0.2, 0.25) is 0 Å². The van der Waals surface area contributed by atoms with E-state index < -0.39 is 21.2 Å². The smallest absolute Gasteiger partial charge is 0.290 e. The number of sulfonamides is 1. The molecule has 0 saturated carbocycles. The Kier molecular flexibility index (Phi) is 6.38. The Morgan fingerprint density at radius 1 is 0.848 bits per heavy atom. The van der Waals surface area contributed by atoms with Gasteiger partial charge in [-0.2, -0.15) is 0 Å². The van der Waals surface area contributed by atoms with Gasteiger partial charge in [-0.15, -0.1) is 0 Å². The van der Waals surface area contributed by atoms with Gasteiger partial charge in [-0.1, -0.05) is 12.1 Å². The van der Waals surface area contributed by atoms with Gasteiger partial charge in [-0.25, -0.2) is 8.42 Å². The monoisotopic (exact) mass is 482 g/mol. The van der Waals surface area contributed by atoms with Crippen LogP contribution >= 0.6 is 11.8 Å². The predicted octanol–water partition coefficient (Wildman–Crippen LogP) is 4.61. The standard InChI is InChI=1S/C23H18N2O6S2/c1-30-17-8-4-16(5-9-17)25-33(28,29)20-12-10-19(11-13-20)31-18-6-2-15(3-7-18)14-21-22(26)24-23(27)32-21/h2-14,25H,1H3,(H,24,26,27). The number of anilines is 1. The maximum Gasteiger partial charge on any atom is 0.290 e. The van der Waals surface area contributed by atoms with Crippen LogP contribution < -0.4 is 19.5 Å². The van der Waals surface area contributed by atoms with E-state index in [9.17, 15) is 18.0 Å². The molecule has 1 aliphatic heterocycles. The first kappa shape index (κ1) is 22.4. The third-order valence-electron chi connectivity index (χ3n) is 4.53. The second-order valence-electron chi connectivity index (χ2n) is 6.83. The highest BCUT2D eigenvalue weighted by Gasteiger charge is 2.24. The number of hydrogen-bond acceptors (Lipinski definition) is 7. The van der Waals surface area contributed by atoms with Crippen molar-refractivity contribution < 1.29 is 27.5 Å². The van der Waals surface area contributed by atoms with E-state index in [0.717, 1.165) is 17.3 Å². The van der Waals surface area contributed by atoms with Crippen LogP contribution in [-0.2, 0) is 14.8 Å². The summed E-state index contributed by atoms with van der Waals surface area (Å²) in [5.74, 6) is 1.20. The van der Waals surface area contributed by atoms with Gasteiger partial charge in [0.05, 0.1) is 16.9 Å². The van der Waals surface area contributed by atoms with Gasteiger partial charge in [0.25, 0.3) is 21.2 Å². The van der Waals surface area contributed by atoms with Gasteiger partial charge in [0, 0.05) is 5.69 Å². The average Bonchev–Trinajstić information content (AvgIpc) is 3.12. The Labute approximate surface area is 194 Å². The van der Waals surface area contributed by atoms with Gasteiger partial charge >= 0.3 is 0 Å². The normalized spacial score (nSPS) is 14.8. The van der Waals surface area contributed by atoms with Crippen molar-refractivity contribution in [2.45, 2.75) is 4.90 Å². The summed E-state index contributed by atoms with van der Waals surface area (Å²) in [6, 6.07) is 19.5. The van der Waals surface area contributed by atoms with Gasteiger partial charge in [-0.3, -0.25) is 19.6 Å². The number of carbonyl (C=O) groups excluding carboxylic acids is 2. The Morgan fingerprint density at radius 3 is 1.97 bits per heavy atom. The van der Waals surface area contributed by atoms with Crippen LogP contribution in [0.25, 0.3) is 6.08 Å². The summed E-state index contributed by atoms with van der Waals surface area (Å²) in [5, 5.41) is 1.81. The summed E-state index contributed by atoms with van der Waals surface area (Å²) in [6.45, 7) is 0. The van der Waals surface area contributed by atoms with Crippen LogP contribution in [0, 0.1) is 0 Å². The fraction of sp³-hybridized carbons (Fsp3) is 0.0435. The summed E-state index contributed by atoms with van der Waals surface area (Å²) in [7, 11) is -2.22. The van der Waals surface area contributed by atoms with E-state index in [1.54, 1.807) is 66.7 Å². The fourth-order valence-electron chi connectivity index (χ4n) is 2.90. The van der Waals surface area contributed by atoms with Crippen molar-refractivity contribution in [1.82, 2.24) is 5.32 Å². The van der Waals surface area contributed by atoms with Crippen molar-refractivity contribution >= 4 is 44.7 Å². The van der Waals surface area contributed by atoms with Gasteiger partial charge in [0.1, 0.15) is 17.2 Å². The van der Waals surface area contributed by atoms with E-state index in [1.165, 1.54) is 19.2 Å². The van der Waals surface area contributed by atoms with Crippen LogP contribution in [0.5, 0.6) is 17.2 Å². The third-order valence-corrected chi connectivity index (χ3v) is 6.74. The second kappa shape index (κ2) is 9.39. The van der Waals surface area contributed by atoms with E-state index in [0.29, 0.717) is 27.8 Å². The molecule has 8 nitrogen and oxygen atoms in total. The molecule has 33 heavy (non-hydrogen) atoms. The molecule has 3 aromatic carbocycles. The Bertz CT molecular complexity index is 1320. The summed E-state index contributed by atoms with van der Waals surface area (Å²) < 4.78 is 38.6. The number of nitrogens with one attached hydrogen (secondary N) is 2. The lowest BCUT2D eigenvalue weighted by Crippen LogP contribution is -2.17. The Hall–Kier alpha value is -3.76. The lowest BCUT2D eigenvalue weighted by molar-refractivity contribution is -0.115. The molecule has 1 saturated heterocycles. The van der Waals surface area contributed by atoms with Crippen molar-refractivity contribution in [1.29, 1.82) is 0 Å². The molecule has 0 spiro atoms. The van der Waals surface area contributed by atoms with Crippen LogP contribution in [-0.4, -0.2) is 26.7 Å². The summed E-state index contributed by atoms with van der Waals surface area (Å²) in [4.78, 5) is 23.3. The molecule has 10 heteroatoms. The summed E-state index contributed by atoms with van der Waals surface area (Å²) in [5.41, 5.74) is 1.16. The molecule has 1 fully saturated rings. The lowest BCUT2D eigenvalue weighted by Gasteiger charge is -2.10. The Balaban J connectivity index is 1.41. The maximum atomic E-state index is 12.6. The molecule has 0 aliphatic carbocycles. The molecule has 0 unspecified atom stereocenters. The molecule has 1 aliphatic rings. The predicted molar refractivity (Wildman–Crippen MR) is 126 cm³/mol. The number of hydrogen-bond donors (Lipinski definition) is 2. The van der Waals surface area contributed by atoms with Crippen LogP contribution in [0.4, 0.5) is 10.5 Å². The minimum atomic E-state index is -3.76. The highest BCUT2D eigenvalue weighted by atomic mass is 32.2. The summed E-state index contributed by atoms with van der Waals surface area (Å²) >= 11 is 0.851. The second-order valence-corrected chi connectivity index (χ2v) is 9.53. The number of rotatable bonds is 7. The molecule has 3 aromatic rings. The highest BCUT2D eigenvalue weighted by molar-refractivity contribution is 8.18. The van der Waals surface area contributed by atoms with Crippen molar-refractivity contribution in [3.8, 4) is 17.2 Å². The molecule has 2 N–H and O–H groups in total. The van der Waals surface area contributed by atoms with Crippen LogP contribution in [0.1, 0.15) is 5.56 Å². The first-order chi connectivity index (χ1) is 15.8. The molecule has 168 valence electrons. The van der Waals surface area contributed by atoms with Crippen molar-refractivity contribution in [3.63, 3.8) is 0 Å². The van der Waals surface area contributed by atoms with E-state index in [2.05, 4.69) is 10.0 Å². The number of benzene rings is 3. The molecule has 0 atom stereocenters. The van der Waals surface area contributed by atoms with Gasteiger partial charge in [0.2, 0.25) is 0 Å². The Morgan fingerprint density at radius 2 is 1.42 bits per heavy atom. The van der Waals surface area contributed by atoms with Gasteiger partial charge in [0.15, 0.2) is 0 Å². The molecule has 2 amide bonds. The van der Waals surface area contributed by atoms with E-state index in [1.807, 2.05) is 0 Å². The van der Waals surface area contributed by atoms with Crippen molar-refractivity contribution in [2.75, 3.05) is 11.8 Å². The molecule has 0 radical (unpaired) electrons. The largest absolute Gasteiger partial charge is 0.497 e. The lowest BCUT2D eigenvalue weighted by atomic mass is 10.2. The van der Waals surface area contributed by atoms with Crippen molar-refractivity contribution in [3.05, 3.63) is 83.3 Å². The minimum absolute atomic E-state index is 0.0922. The zero-order chi connectivity index (χ0) is 23.4. The number of thioether (sulfide) groups is 1. The fourth-order valence-corrected chi connectivity index (χ4v) is 4.64. The maximum absolute atomic E-state index is 12.6. The highest BCUT2D eigenvalue weighted by Crippen LogP contribution is 2.28. The van der Waals surface area contributed by atoms with Crippen LogP contribution in [0.3, 0.4) is 0 Å². The molecule has 0 aromatic heterocycles. The third kappa shape index (κ3) is 5.54. The molecule has 0 bridgehead atoms. The van der Waals surface area contributed by atoms with Gasteiger partial charge in [-0.05, 0) is 84.1 Å². The van der Waals surface area contributed by atoms with Crippen LogP contribution in [0.15, 0.2) is 82.6 Å². The van der Waals surface area contributed by atoms with E-state index in [-0.39, 0.29) is 4.90 Å². The quantitative estimate of drug-likeness (QED) is 0.473.